The fraction of sp³-hybridized carbons (Fsp3) is 0.556. The van der Waals surface area contributed by atoms with E-state index < -0.39 is 12.2 Å². The minimum absolute atomic E-state index is 0.122. The van der Waals surface area contributed by atoms with Crippen LogP contribution in [0.1, 0.15) is 34.6 Å². The van der Waals surface area contributed by atoms with E-state index in [0.717, 1.165) is 0 Å². The molecule has 23 heavy (non-hydrogen) atoms. The maximum Gasteiger partial charge on any atom is 0.417 e. The molecule has 0 unspecified atom stereocenters. The van der Waals surface area contributed by atoms with E-state index >= 15 is 0 Å². The van der Waals surface area contributed by atoms with Crippen LogP contribution >= 0.6 is 0 Å². The number of aliphatic hydroxyl groups is 1. The van der Waals surface area contributed by atoms with Crippen LogP contribution < -0.4 is 0 Å². The number of hydrogen-bond acceptors (Lipinski definition) is 4. The number of imide groups is 1. The molecule has 0 aromatic rings. The van der Waals surface area contributed by atoms with Crippen LogP contribution in [0.3, 0.4) is 0 Å². The number of nitrogens with zero attached hydrogens (tertiary/aromatic N) is 1. The third-order valence-corrected chi connectivity index (χ3v) is 4.15. The molecule has 0 spiro atoms. The molecule has 1 fully saturated rings. The SMILES string of the molecule is C=C/C(=C\C)[C@@H](O)[C@@H](C)/C=C(\C)C(=O)N1C(=O)OC[C@@H]1C(C)C. The van der Waals surface area contributed by atoms with Gasteiger partial charge in [-0.25, -0.2) is 9.69 Å². The van der Waals surface area contributed by atoms with E-state index in [1.54, 1.807) is 25.2 Å². The maximum atomic E-state index is 12.6. The van der Waals surface area contributed by atoms with Crippen LogP contribution in [0.5, 0.6) is 0 Å². The molecular weight excluding hydrogens is 294 g/mol. The normalized spacial score (nSPS) is 22.1. The molecular formula is C18H27NO4. The average Bonchev–Trinajstić information content (AvgIpc) is 2.89. The number of allylic oxidation sites excluding steroid dienone is 1. The first-order chi connectivity index (χ1) is 10.7. The van der Waals surface area contributed by atoms with Crippen LogP contribution in [0.4, 0.5) is 4.79 Å². The molecule has 1 heterocycles. The molecule has 1 rings (SSSR count). The van der Waals surface area contributed by atoms with Crippen molar-refractivity contribution < 1.29 is 19.4 Å². The zero-order chi connectivity index (χ0) is 17.7. The lowest BCUT2D eigenvalue weighted by Crippen LogP contribution is -2.42. The summed E-state index contributed by atoms with van der Waals surface area (Å²) in [6.45, 7) is 13.1. The molecule has 0 radical (unpaired) electrons. The van der Waals surface area contributed by atoms with Gasteiger partial charge in [-0.3, -0.25) is 4.79 Å². The van der Waals surface area contributed by atoms with Gasteiger partial charge in [0.15, 0.2) is 0 Å². The third kappa shape index (κ3) is 4.32. The largest absolute Gasteiger partial charge is 0.447 e. The molecule has 0 aliphatic carbocycles. The highest BCUT2D eigenvalue weighted by Crippen LogP contribution is 2.23. The average molecular weight is 321 g/mol. The van der Waals surface area contributed by atoms with Crippen molar-refractivity contribution in [2.45, 2.75) is 46.8 Å². The zero-order valence-electron chi connectivity index (χ0n) is 14.6. The van der Waals surface area contributed by atoms with Gasteiger partial charge < -0.3 is 9.84 Å². The van der Waals surface area contributed by atoms with Crippen LogP contribution in [-0.4, -0.2) is 40.8 Å². The topological polar surface area (TPSA) is 66.8 Å². The van der Waals surface area contributed by atoms with E-state index in [-0.39, 0.29) is 30.4 Å². The maximum absolute atomic E-state index is 12.6. The number of ether oxygens (including phenoxy) is 1. The molecule has 0 bridgehead atoms. The quantitative estimate of drug-likeness (QED) is 0.603. The van der Waals surface area contributed by atoms with Crippen LogP contribution in [0.25, 0.3) is 0 Å². The van der Waals surface area contributed by atoms with Crippen molar-refractivity contribution in [2.75, 3.05) is 6.61 Å². The summed E-state index contributed by atoms with van der Waals surface area (Å²) in [6, 6.07) is -0.252. The second-order valence-corrected chi connectivity index (χ2v) is 6.21. The third-order valence-electron chi connectivity index (χ3n) is 4.15. The van der Waals surface area contributed by atoms with E-state index in [9.17, 15) is 14.7 Å². The Kier molecular flexibility index (Phi) is 6.76. The van der Waals surface area contributed by atoms with E-state index in [2.05, 4.69) is 6.58 Å². The summed E-state index contributed by atoms with van der Waals surface area (Å²) < 4.78 is 5.00. The van der Waals surface area contributed by atoms with Crippen LogP contribution in [0, 0.1) is 11.8 Å². The molecule has 1 aliphatic heterocycles. The van der Waals surface area contributed by atoms with Gasteiger partial charge in [0, 0.05) is 11.5 Å². The van der Waals surface area contributed by atoms with Gasteiger partial charge in [0.1, 0.15) is 6.61 Å². The minimum atomic E-state index is -0.744. The number of rotatable bonds is 6. The van der Waals surface area contributed by atoms with Gasteiger partial charge in [-0.1, -0.05) is 45.6 Å². The number of amides is 2. The van der Waals surface area contributed by atoms with Crippen molar-refractivity contribution in [1.29, 1.82) is 0 Å². The van der Waals surface area contributed by atoms with Crippen molar-refractivity contribution in [2.24, 2.45) is 11.8 Å². The predicted molar refractivity (Wildman–Crippen MR) is 89.7 cm³/mol. The van der Waals surface area contributed by atoms with E-state index in [1.165, 1.54) is 4.90 Å². The smallest absolute Gasteiger partial charge is 0.417 e. The standard InChI is InChI=1S/C18H27NO4/c1-7-14(8-2)16(20)12(5)9-13(6)17(21)19-15(11(3)4)10-23-18(19)22/h7-9,11-12,15-16,20H,1,10H2,2-6H3/b13-9+,14-8+/t12-,15+,16-/m0/s1. The number of carbonyl (C=O) groups is 2. The highest BCUT2D eigenvalue weighted by molar-refractivity contribution is 6.03. The first-order valence-corrected chi connectivity index (χ1v) is 7.90. The van der Waals surface area contributed by atoms with Crippen molar-refractivity contribution in [3.63, 3.8) is 0 Å². The van der Waals surface area contributed by atoms with Gasteiger partial charge in [-0.2, -0.15) is 0 Å². The Morgan fingerprint density at radius 2 is 2.04 bits per heavy atom. The highest BCUT2D eigenvalue weighted by atomic mass is 16.6. The molecule has 0 aromatic heterocycles. The lowest BCUT2D eigenvalue weighted by molar-refractivity contribution is -0.125. The van der Waals surface area contributed by atoms with Gasteiger partial charge >= 0.3 is 6.09 Å². The van der Waals surface area contributed by atoms with Crippen LogP contribution in [0.15, 0.2) is 36.0 Å². The molecule has 2 amide bonds. The molecule has 1 aliphatic rings. The Morgan fingerprint density at radius 3 is 2.52 bits per heavy atom. The Bertz CT molecular complexity index is 533. The summed E-state index contributed by atoms with van der Waals surface area (Å²) in [5, 5.41) is 10.3. The summed E-state index contributed by atoms with van der Waals surface area (Å²) >= 11 is 0. The van der Waals surface area contributed by atoms with E-state index in [0.29, 0.717) is 11.1 Å². The van der Waals surface area contributed by atoms with Gasteiger partial charge in [0.2, 0.25) is 0 Å². The molecule has 0 aromatic carbocycles. The second-order valence-electron chi connectivity index (χ2n) is 6.21. The van der Waals surface area contributed by atoms with Crippen molar-refractivity contribution in [1.82, 2.24) is 4.90 Å². The molecule has 0 saturated carbocycles. The second kappa shape index (κ2) is 8.11. The number of aliphatic hydroxyl groups excluding tert-OH is 1. The molecule has 128 valence electrons. The Morgan fingerprint density at radius 1 is 1.43 bits per heavy atom. The van der Waals surface area contributed by atoms with E-state index in [4.69, 9.17) is 4.74 Å². The number of carbonyl (C=O) groups excluding carboxylic acids is 2. The lowest BCUT2D eigenvalue weighted by Gasteiger charge is -2.23. The molecule has 3 atom stereocenters. The molecule has 1 N–H and O–H groups in total. The summed E-state index contributed by atoms with van der Waals surface area (Å²) in [5.41, 5.74) is 1.12. The van der Waals surface area contributed by atoms with Crippen molar-refractivity contribution in [3.8, 4) is 0 Å². The molecule has 5 heteroatoms. The number of cyclic esters (lactones) is 1. The fourth-order valence-electron chi connectivity index (χ4n) is 2.62. The van der Waals surface area contributed by atoms with Gasteiger partial charge in [-0.05, 0) is 25.3 Å². The highest BCUT2D eigenvalue weighted by Gasteiger charge is 2.39. The van der Waals surface area contributed by atoms with Crippen molar-refractivity contribution >= 4 is 12.0 Å². The lowest BCUT2D eigenvalue weighted by atomic mass is 9.94. The monoisotopic (exact) mass is 321 g/mol. The fourth-order valence-corrected chi connectivity index (χ4v) is 2.62. The summed E-state index contributed by atoms with van der Waals surface area (Å²) in [6.07, 6.45) is 3.72. The molecule has 1 saturated heterocycles. The van der Waals surface area contributed by atoms with Gasteiger partial charge in [0.05, 0.1) is 12.1 Å². The van der Waals surface area contributed by atoms with Crippen LogP contribution in [0.2, 0.25) is 0 Å². The van der Waals surface area contributed by atoms with Gasteiger partial charge in [-0.15, -0.1) is 0 Å². The molecule has 5 nitrogen and oxygen atoms in total. The summed E-state index contributed by atoms with van der Waals surface area (Å²) in [4.78, 5) is 25.6. The zero-order valence-corrected chi connectivity index (χ0v) is 14.6. The Hall–Kier alpha value is -1.88. The van der Waals surface area contributed by atoms with E-state index in [1.807, 2.05) is 27.7 Å². The van der Waals surface area contributed by atoms with Crippen molar-refractivity contribution in [3.05, 3.63) is 36.0 Å². The summed E-state index contributed by atoms with van der Waals surface area (Å²) in [5.74, 6) is -0.526. The Balaban J connectivity index is 2.94. The number of hydrogen-bond donors (Lipinski definition) is 1. The summed E-state index contributed by atoms with van der Waals surface area (Å²) in [7, 11) is 0. The predicted octanol–water partition coefficient (Wildman–Crippen LogP) is 3.07. The first kappa shape index (κ1) is 19.2. The van der Waals surface area contributed by atoms with Gasteiger partial charge in [0.25, 0.3) is 5.91 Å². The van der Waals surface area contributed by atoms with Crippen LogP contribution in [-0.2, 0) is 9.53 Å². The Labute approximate surface area is 138 Å². The first-order valence-electron chi connectivity index (χ1n) is 7.90. The minimum Gasteiger partial charge on any atom is -0.447 e.